The highest BCUT2D eigenvalue weighted by atomic mass is 16.2. The summed E-state index contributed by atoms with van der Waals surface area (Å²) in [5.41, 5.74) is 0. The fourth-order valence-corrected chi connectivity index (χ4v) is 1.13. The van der Waals surface area contributed by atoms with Gasteiger partial charge in [0.1, 0.15) is 5.78 Å². The first-order chi connectivity index (χ1) is 8.06. The van der Waals surface area contributed by atoms with E-state index in [0.717, 1.165) is 0 Å². The number of carbonyl (C=O) groups is 3. The van der Waals surface area contributed by atoms with Gasteiger partial charge in [0.05, 0.1) is 13.0 Å². The summed E-state index contributed by atoms with van der Waals surface area (Å²) in [6.07, 6.45) is 8.41. The van der Waals surface area contributed by atoms with Crippen LogP contribution >= 0.6 is 0 Å². The van der Waals surface area contributed by atoms with Crippen molar-refractivity contribution >= 4 is 17.5 Å². The van der Waals surface area contributed by atoms with Gasteiger partial charge in [-0.05, 0) is 20.3 Å². The second kappa shape index (κ2) is 9.51. The summed E-state index contributed by atoms with van der Waals surface area (Å²) in [6, 6.07) is 0. The summed E-state index contributed by atoms with van der Waals surface area (Å²) < 4.78 is 0. The van der Waals surface area contributed by atoms with Gasteiger partial charge in [0, 0.05) is 6.42 Å². The molecule has 0 spiro atoms. The van der Waals surface area contributed by atoms with Crippen LogP contribution in [0.1, 0.15) is 33.1 Å². The summed E-state index contributed by atoms with van der Waals surface area (Å²) in [5.74, 6) is -0.610. The third-order valence-electron chi connectivity index (χ3n) is 1.91. The van der Waals surface area contributed by atoms with Crippen LogP contribution in [0.4, 0.5) is 0 Å². The number of carbonyl (C=O) groups excluding carboxylic acids is 3. The van der Waals surface area contributed by atoms with Crippen LogP contribution in [-0.4, -0.2) is 24.0 Å². The van der Waals surface area contributed by atoms with E-state index in [0.29, 0.717) is 12.8 Å². The van der Waals surface area contributed by atoms with Crippen LogP contribution in [0.25, 0.3) is 0 Å². The fraction of sp³-hybridized carbons (Fsp3) is 0.462. The normalized spacial score (nSPS) is 10.9. The molecule has 4 nitrogen and oxygen atoms in total. The van der Waals surface area contributed by atoms with Crippen LogP contribution in [0.3, 0.4) is 0 Å². The second-order valence-electron chi connectivity index (χ2n) is 3.69. The van der Waals surface area contributed by atoms with Crippen molar-refractivity contribution < 1.29 is 14.4 Å². The predicted molar refractivity (Wildman–Crippen MR) is 66.5 cm³/mol. The molecule has 1 amide bonds. The SMILES string of the molecule is C/C=C/C=C/CCC(=O)NCC(=O)CC(C)=O. The Bertz CT molecular complexity index is 330. The average molecular weight is 237 g/mol. The van der Waals surface area contributed by atoms with Crippen molar-refractivity contribution in [2.24, 2.45) is 0 Å². The van der Waals surface area contributed by atoms with Crippen LogP contribution in [0.15, 0.2) is 24.3 Å². The lowest BCUT2D eigenvalue weighted by molar-refractivity contribution is -0.128. The number of nitrogens with one attached hydrogen (secondary N) is 1. The van der Waals surface area contributed by atoms with Crippen LogP contribution in [0.2, 0.25) is 0 Å². The number of hydrogen-bond acceptors (Lipinski definition) is 3. The minimum Gasteiger partial charge on any atom is -0.349 e. The van der Waals surface area contributed by atoms with Crippen LogP contribution < -0.4 is 5.32 Å². The number of ketones is 2. The molecular weight excluding hydrogens is 218 g/mol. The molecule has 94 valence electrons. The van der Waals surface area contributed by atoms with Gasteiger partial charge in [-0.1, -0.05) is 24.3 Å². The van der Waals surface area contributed by atoms with Gasteiger partial charge >= 0.3 is 0 Å². The molecule has 0 rings (SSSR count). The molecule has 0 aromatic rings. The van der Waals surface area contributed by atoms with Crippen molar-refractivity contribution in [3.63, 3.8) is 0 Å². The highest BCUT2D eigenvalue weighted by molar-refractivity contribution is 5.99. The molecule has 1 N–H and O–H groups in total. The van der Waals surface area contributed by atoms with E-state index < -0.39 is 0 Å². The molecular formula is C13H19NO3. The molecule has 0 aliphatic rings. The summed E-state index contributed by atoms with van der Waals surface area (Å²) in [6.45, 7) is 3.21. The maximum Gasteiger partial charge on any atom is 0.220 e. The highest BCUT2D eigenvalue weighted by Gasteiger charge is 2.06. The van der Waals surface area contributed by atoms with E-state index in [1.807, 2.05) is 31.2 Å². The molecule has 0 fully saturated rings. The Hall–Kier alpha value is -1.71. The Labute approximate surface area is 102 Å². The second-order valence-corrected chi connectivity index (χ2v) is 3.69. The van der Waals surface area contributed by atoms with Gasteiger partial charge in [-0.15, -0.1) is 0 Å². The predicted octanol–water partition coefficient (Wildman–Crippen LogP) is 1.56. The first-order valence-electron chi connectivity index (χ1n) is 5.62. The van der Waals surface area contributed by atoms with Crippen molar-refractivity contribution in [2.75, 3.05) is 6.54 Å². The molecule has 0 saturated heterocycles. The van der Waals surface area contributed by atoms with E-state index >= 15 is 0 Å². The first-order valence-corrected chi connectivity index (χ1v) is 5.62. The molecule has 17 heavy (non-hydrogen) atoms. The number of Topliss-reactive ketones (excluding diaryl/α,β-unsaturated/α-hetero) is 2. The zero-order valence-corrected chi connectivity index (χ0v) is 10.4. The number of hydrogen-bond donors (Lipinski definition) is 1. The van der Waals surface area contributed by atoms with Crippen molar-refractivity contribution in [1.82, 2.24) is 5.32 Å². The molecule has 0 atom stereocenters. The quantitative estimate of drug-likeness (QED) is 0.514. The number of amides is 1. The Kier molecular flexibility index (Phi) is 8.55. The van der Waals surface area contributed by atoms with E-state index in [1.54, 1.807) is 0 Å². The monoisotopic (exact) mass is 237 g/mol. The largest absolute Gasteiger partial charge is 0.349 e. The van der Waals surface area contributed by atoms with E-state index in [1.165, 1.54) is 6.92 Å². The van der Waals surface area contributed by atoms with Crippen LogP contribution in [-0.2, 0) is 14.4 Å². The molecule has 0 aliphatic carbocycles. The average Bonchev–Trinajstić information content (AvgIpc) is 2.25. The van der Waals surface area contributed by atoms with Gasteiger partial charge in [-0.3, -0.25) is 14.4 Å². The summed E-state index contributed by atoms with van der Waals surface area (Å²) in [7, 11) is 0. The highest BCUT2D eigenvalue weighted by Crippen LogP contribution is 1.92. The zero-order valence-electron chi connectivity index (χ0n) is 10.4. The van der Waals surface area contributed by atoms with Gasteiger partial charge in [0.25, 0.3) is 0 Å². The first kappa shape index (κ1) is 15.3. The molecule has 4 heteroatoms. The molecule has 0 heterocycles. The molecule has 0 saturated carbocycles. The van der Waals surface area contributed by atoms with Crippen molar-refractivity contribution in [1.29, 1.82) is 0 Å². The molecule has 0 radical (unpaired) electrons. The topological polar surface area (TPSA) is 63.2 Å². The van der Waals surface area contributed by atoms with E-state index in [9.17, 15) is 14.4 Å². The summed E-state index contributed by atoms with van der Waals surface area (Å²) in [4.78, 5) is 33.0. The summed E-state index contributed by atoms with van der Waals surface area (Å²) >= 11 is 0. The molecule has 0 bridgehead atoms. The Morgan fingerprint density at radius 1 is 1.18 bits per heavy atom. The molecule has 0 aliphatic heterocycles. The molecule has 0 aromatic heterocycles. The fourth-order valence-electron chi connectivity index (χ4n) is 1.13. The van der Waals surface area contributed by atoms with Gasteiger partial charge in [0.15, 0.2) is 5.78 Å². The smallest absolute Gasteiger partial charge is 0.220 e. The van der Waals surface area contributed by atoms with Crippen molar-refractivity contribution in [3.8, 4) is 0 Å². The van der Waals surface area contributed by atoms with Crippen LogP contribution in [0, 0.1) is 0 Å². The number of allylic oxidation sites excluding steroid dienone is 4. The molecule has 0 unspecified atom stereocenters. The third-order valence-corrected chi connectivity index (χ3v) is 1.91. The number of rotatable bonds is 8. The Morgan fingerprint density at radius 3 is 2.47 bits per heavy atom. The van der Waals surface area contributed by atoms with E-state index in [4.69, 9.17) is 0 Å². The lowest BCUT2D eigenvalue weighted by atomic mass is 10.2. The van der Waals surface area contributed by atoms with Gasteiger partial charge < -0.3 is 5.32 Å². The van der Waals surface area contributed by atoms with E-state index in [-0.39, 0.29) is 30.4 Å². The van der Waals surface area contributed by atoms with Gasteiger partial charge in [-0.25, -0.2) is 0 Å². The van der Waals surface area contributed by atoms with Crippen molar-refractivity contribution in [3.05, 3.63) is 24.3 Å². The van der Waals surface area contributed by atoms with Gasteiger partial charge in [0.2, 0.25) is 5.91 Å². The lowest BCUT2D eigenvalue weighted by Gasteiger charge is -2.01. The molecule has 0 aromatic carbocycles. The van der Waals surface area contributed by atoms with Gasteiger partial charge in [-0.2, -0.15) is 0 Å². The maximum atomic E-state index is 11.3. The van der Waals surface area contributed by atoms with Crippen molar-refractivity contribution in [2.45, 2.75) is 33.1 Å². The zero-order chi connectivity index (χ0) is 13.1. The maximum absolute atomic E-state index is 11.3. The Balaban J connectivity index is 3.66. The van der Waals surface area contributed by atoms with Crippen LogP contribution in [0.5, 0.6) is 0 Å². The Morgan fingerprint density at radius 2 is 1.88 bits per heavy atom. The van der Waals surface area contributed by atoms with E-state index in [2.05, 4.69) is 5.32 Å². The standard InChI is InChI=1S/C13H19NO3/c1-3-4-5-6-7-8-13(17)14-10-12(16)9-11(2)15/h3-6H,7-10H2,1-2H3,(H,14,17)/b4-3+,6-5+. The third kappa shape index (κ3) is 10.6. The minimum atomic E-state index is -0.254. The summed E-state index contributed by atoms with van der Waals surface area (Å²) in [5, 5.41) is 2.49. The lowest BCUT2D eigenvalue weighted by Crippen LogP contribution is -2.29. The minimum absolute atomic E-state index is 0.0585.